The van der Waals surface area contributed by atoms with Crippen LogP contribution in [0, 0.1) is 26.0 Å². The van der Waals surface area contributed by atoms with Crippen LogP contribution in [0.4, 0.5) is 0 Å². The van der Waals surface area contributed by atoms with Crippen molar-refractivity contribution in [2.75, 3.05) is 0 Å². The summed E-state index contributed by atoms with van der Waals surface area (Å²) in [6, 6.07) is 50.7. The minimum absolute atomic E-state index is 0. The van der Waals surface area contributed by atoms with Gasteiger partial charge < -0.3 is 13.9 Å². The van der Waals surface area contributed by atoms with Crippen LogP contribution < -0.4 is 4.74 Å². The molecule has 0 spiro atoms. The predicted molar refractivity (Wildman–Crippen MR) is 201 cm³/mol. The molecule has 0 aliphatic carbocycles. The molecule has 51 heavy (non-hydrogen) atoms. The summed E-state index contributed by atoms with van der Waals surface area (Å²) in [4.78, 5) is 4.95. The monoisotopic (exact) mass is 838 g/mol. The Bertz CT molecular complexity index is 2860. The Kier molecular flexibility index (Phi) is 7.37. The minimum Gasteiger partial charge on any atom is -0.509 e. The molecule has 10 rings (SSSR count). The number of hydrogen-bond acceptors (Lipinski definition) is 3. The van der Waals surface area contributed by atoms with Crippen LogP contribution in [-0.2, 0) is 21.1 Å². The van der Waals surface area contributed by atoms with Crippen LogP contribution in [0.25, 0.3) is 71.7 Å². The van der Waals surface area contributed by atoms with Crippen molar-refractivity contribution < 1.29 is 25.8 Å². The van der Waals surface area contributed by atoms with Crippen molar-refractivity contribution >= 4 is 54.5 Å². The minimum atomic E-state index is 0. The number of ether oxygens (including phenoxy) is 1. The Hall–Kier alpha value is -5.97. The second-order valence-electron chi connectivity index (χ2n) is 12.7. The van der Waals surface area contributed by atoms with E-state index in [1.165, 1.54) is 32.9 Å². The van der Waals surface area contributed by atoms with E-state index in [4.69, 9.17) is 14.8 Å². The van der Waals surface area contributed by atoms with Gasteiger partial charge in [-0.15, -0.1) is 35.7 Å². The van der Waals surface area contributed by atoms with Crippen molar-refractivity contribution in [3.63, 3.8) is 0 Å². The number of pyridine rings is 1. The van der Waals surface area contributed by atoms with Gasteiger partial charge in [0.05, 0.1) is 22.2 Å². The second kappa shape index (κ2) is 12.1. The topological polar surface area (TPSA) is 49.8 Å². The normalized spacial score (nSPS) is 11.6. The van der Waals surface area contributed by atoms with Crippen molar-refractivity contribution in [3.8, 4) is 28.7 Å². The third-order valence-corrected chi connectivity index (χ3v) is 9.62. The summed E-state index contributed by atoms with van der Waals surface area (Å²) in [5.74, 6) is 1.97. The van der Waals surface area contributed by atoms with E-state index in [-0.39, 0.29) is 21.1 Å². The Labute approximate surface area is 308 Å². The summed E-state index contributed by atoms with van der Waals surface area (Å²) in [5, 5.41) is 10.5. The van der Waals surface area contributed by atoms with E-state index in [1.54, 1.807) is 0 Å². The van der Waals surface area contributed by atoms with Gasteiger partial charge >= 0.3 is 21.1 Å². The molecule has 0 saturated carbocycles. The third-order valence-electron chi connectivity index (χ3n) is 9.62. The van der Waals surface area contributed by atoms with Gasteiger partial charge in [0.1, 0.15) is 5.82 Å². The van der Waals surface area contributed by atoms with Gasteiger partial charge in [-0.1, -0.05) is 78.3 Å². The molecule has 0 amide bonds. The molecule has 246 valence electrons. The summed E-state index contributed by atoms with van der Waals surface area (Å²) >= 11 is 0. The van der Waals surface area contributed by atoms with Crippen LogP contribution in [-0.4, -0.2) is 23.9 Å². The van der Waals surface area contributed by atoms with Crippen LogP contribution in [0.15, 0.2) is 140 Å². The third kappa shape index (κ3) is 4.98. The van der Waals surface area contributed by atoms with Gasteiger partial charge in [-0.3, -0.25) is 4.68 Å². The average Bonchev–Trinajstić information content (AvgIpc) is 3.83. The van der Waals surface area contributed by atoms with Gasteiger partial charge in [-0.2, -0.15) is 17.2 Å². The molecule has 0 aliphatic rings. The zero-order chi connectivity index (χ0) is 33.3. The molecule has 10 aromatic rings. The number of aromatic nitrogens is 5. The van der Waals surface area contributed by atoms with E-state index in [9.17, 15) is 0 Å². The van der Waals surface area contributed by atoms with Crippen LogP contribution in [0.3, 0.4) is 0 Å². The van der Waals surface area contributed by atoms with Gasteiger partial charge in [-0.05, 0) is 54.2 Å². The standard InChI is InChI=1S/C44H29N5O.Pt/c1-28-10-7-16-37-38-17-8-11-29(2)44(38)48(43(28)37)32-22-23-45-42(25-32)49-40-19-6-4-15-35(40)36-21-20-34(26-41(36)49)50-33-14-9-13-31(24-33)47-27-30-12-3-5-18-39(30)46-47;/h3-23,25,27H,1-2H3;/q-2;+2. The maximum absolute atomic E-state index is 6.42. The molecular weight excluding hydrogens is 810 g/mol. The van der Waals surface area contributed by atoms with Crippen molar-refractivity contribution in [2.45, 2.75) is 13.8 Å². The maximum Gasteiger partial charge on any atom is 2.00 e. The summed E-state index contributed by atoms with van der Waals surface area (Å²) in [5.41, 5.74) is 9.59. The zero-order valence-electron chi connectivity index (χ0n) is 27.7. The van der Waals surface area contributed by atoms with Crippen LogP contribution >= 0.6 is 0 Å². The van der Waals surface area contributed by atoms with E-state index in [0.29, 0.717) is 11.5 Å². The largest absolute Gasteiger partial charge is 2.00 e. The van der Waals surface area contributed by atoms with E-state index in [1.807, 2.05) is 59.5 Å². The van der Waals surface area contributed by atoms with Crippen molar-refractivity contribution in [3.05, 3.63) is 163 Å². The second-order valence-corrected chi connectivity index (χ2v) is 12.7. The van der Waals surface area contributed by atoms with Gasteiger partial charge in [0.2, 0.25) is 0 Å². The molecular formula is C44H29N5OPt. The van der Waals surface area contributed by atoms with Crippen molar-refractivity contribution in [2.24, 2.45) is 0 Å². The number of para-hydroxylation sites is 3. The number of fused-ring (bicyclic) bond motifs is 7. The van der Waals surface area contributed by atoms with Crippen LogP contribution in [0.2, 0.25) is 0 Å². The molecule has 4 aromatic heterocycles. The quantitative estimate of drug-likeness (QED) is 0.162. The summed E-state index contributed by atoms with van der Waals surface area (Å²) in [6.07, 6.45) is 3.91. The first-order valence-corrected chi connectivity index (χ1v) is 16.7. The number of nitrogens with zero attached hydrogens (tertiary/aromatic N) is 5. The maximum atomic E-state index is 6.42. The zero-order valence-corrected chi connectivity index (χ0v) is 30.0. The molecule has 0 atom stereocenters. The number of aryl methyl sites for hydroxylation is 2. The van der Waals surface area contributed by atoms with Crippen LogP contribution in [0.1, 0.15) is 11.1 Å². The van der Waals surface area contributed by atoms with Gasteiger partial charge in [0.15, 0.2) is 0 Å². The van der Waals surface area contributed by atoms with E-state index in [2.05, 4.69) is 120 Å². The fraction of sp³-hybridized carbons (Fsp3) is 0.0455. The fourth-order valence-electron chi connectivity index (χ4n) is 7.39. The molecule has 0 N–H and O–H groups in total. The molecule has 6 aromatic carbocycles. The Balaban J connectivity index is 0.00000348. The van der Waals surface area contributed by atoms with Gasteiger partial charge in [-0.25, -0.2) is 4.98 Å². The van der Waals surface area contributed by atoms with Crippen molar-refractivity contribution in [1.29, 1.82) is 0 Å². The molecule has 0 bridgehead atoms. The smallest absolute Gasteiger partial charge is 0.509 e. The van der Waals surface area contributed by atoms with E-state index >= 15 is 0 Å². The summed E-state index contributed by atoms with van der Waals surface area (Å²) in [7, 11) is 0. The predicted octanol–water partition coefficient (Wildman–Crippen LogP) is 10.6. The first kappa shape index (κ1) is 31.0. The van der Waals surface area contributed by atoms with Crippen LogP contribution in [0.5, 0.6) is 11.5 Å². The Morgan fingerprint density at radius 2 is 1.31 bits per heavy atom. The first-order chi connectivity index (χ1) is 24.6. The molecule has 0 aliphatic heterocycles. The molecule has 0 fully saturated rings. The SMILES string of the molecule is Cc1cccc2c3cccc(C)c3n(-c3ccnc(-n4c5[c-]c(Oc6[c-]c(-n7cc8ccccc8n7)ccc6)ccc5c5ccccc54)c3)c12.[Pt+2]. The van der Waals surface area contributed by atoms with E-state index in [0.717, 1.165) is 49.9 Å². The Morgan fingerprint density at radius 3 is 2.12 bits per heavy atom. The van der Waals surface area contributed by atoms with E-state index < -0.39 is 0 Å². The fourth-order valence-corrected chi connectivity index (χ4v) is 7.39. The number of hydrogen-bond donors (Lipinski definition) is 0. The van der Waals surface area contributed by atoms with Gasteiger partial charge in [0.25, 0.3) is 0 Å². The number of benzene rings is 6. The summed E-state index contributed by atoms with van der Waals surface area (Å²) < 4.78 is 12.8. The molecule has 0 unspecified atom stereocenters. The molecule has 4 heterocycles. The van der Waals surface area contributed by atoms with Crippen molar-refractivity contribution in [1.82, 2.24) is 23.9 Å². The molecule has 0 saturated heterocycles. The molecule has 7 heteroatoms. The summed E-state index contributed by atoms with van der Waals surface area (Å²) in [6.45, 7) is 4.37. The first-order valence-electron chi connectivity index (χ1n) is 16.7. The van der Waals surface area contributed by atoms with Gasteiger partial charge in [0, 0.05) is 51.6 Å². The molecule has 6 nitrogen and oxygen atoms in total. The number of rotatable bonds is 5. The Morgan fingerprint density at radius 1 is 0.608 bits per heavy atom. The average molecular weight is 839 g/mol. The molecule has 0 radical (unpaired) electrons.